The summed E-state index contributed by atoms with van der Waals surface area (Å²) in [5, 5.41) is 5.86. The van der Waals surface area contributed by atoms with Gasteiger partial charge in [0.1, 0.15) is 11.5 Å². The highest BCUT2D eigenvalue weighted by Gasteiger charge is 2.24. The van der Waals surface area contributed by atoms with Crippen LogP contribution in [0.2, 0.25) is 0 Å². The first-order valence-corrected chi connectivity index (χ1v) is 6.13. The van der Waals surface area contributed by atoms with Gasteiger partial charge in [-0.15, -0.1) is 0 Å². The van der Waals surface area contributed by atoms with Gasteiger partial charge in [0.05, 0.1) is 0 Å². The van der Waals surface area contributed by atoms with E-state index in [9.17, 15) is 4.79 Å². The summed E-state index contributed by atoms with van der Waals surface area (Å²) in [6.45, 7) is 0. The van der Waals surface area contributed by atoms with E-state index in [1.165, 1.54) is 0 Å². The molecule has 2 aromatic rings. The highest BCUT2D eigenvalue weighted by Crippen LogP contribution is 2.19. The number of nitrogens with zero attached hydrogens (tertiary/aromatic N) is 3. The Kier molecular flexibility index (Phi) is 3.06. The van der Waals surface area contributed by atoms with Gasteiger partial charge < -0.3 is 10.6 Å². The van der Waals surface area contributed by atoms with Crippen LogP contribution in [0.1, 0.15) is 23.3 Å². The fourth-order valence-electron chi connectivity index (χ4n) is 1.60. The third-order valence-corrected chi connectivity index (χ3v) is 2.70. The number of hydrogen-bond acceptors (Lipinski definition) is 5. The molecule has 0 atom stereocenters. The molecule has 0 unspecified atom stereocenters. The molecule has 2 heterocycles. The van der Waals surface area contributed by atoms with Crippen molar-refractivity contribution in [1.82, 2.24) is 20.3 Å². The molecule has 6 heteroatoms. The lowest BCUT2D eigenvalue weighted by Gasteiger charge is -2.06. The van der Waals surface area contributed by atoms with E-state index in [2.05, 4.69) is 25.6 Å². The predicted molar refractivity (Wildman–Crippen MR) is 70.0 cm³/mol. The summed E-state index contributed by atoms with van der Waals surface area (Å²) < 4.78 is 0. The van der Waals surface area contributed by atoms with Crippen LogP contribution in [-0.4, -0.2) is 26.9 Å². The van der Waals surface area contributed by atoms with Crippen LogP contribution in [0.15, 0.2) is 36.7 Å². The third-order valence-electron chi connectivity index (χ3n) is 2.70. The molecule has 0 bridgehead atoms. The predicted octanol–water partition coefficient (Wildman–Crippen LogP) is 1.51. The van der Waals surface area contributed by atoms with Gasteiger partial charge in [0.25, 0.3) is 5.91 Å². The van der Waals surface area contributed by atoms with Gasteiger partial charge >= 0.3 is 0 Å². The first kappa shape index (κ1) is 11.6. The molecule has 3 rings (SSSR count). The van der Waals surface area contributed by atoms with Crippen molar-refractivity contribution in [2.75, 3.05) is 5.32 Å². The summed E-state index contributed by atoms with van der Waals surface area (Å²) in [5.74, 6) is 0.865. The first-order valence-electron chi connectivity index (χ1n) is 6.13. The van der Waals surface area contributed by atoms with Crippen molar-refractivity contribution in [3.05, 3.63) is 42.4 Å². The number of pyridine rings is 1. The third kappa shape index (κ3) is 3.04. The summed E-state index contributed by atoms with van der Waals surface area (Å²) in [7, 11) is 0. The summed E-state index contributed by atoms with van der Waals surface area (Å²) in [6, 6.07) is 7.29. The standard InChI is InChI=1S/C13H13N5O/c19-12(16-9-5-6-9)10-3-1-4-11(17-10)18-13-14-7-2-8-15-13/h1-4,7-9H,5-6H2,(H,16,19)(H,14,15,17,18). The molecule has 0 radical (unpaired) electrons. The second-order valence-electron chi connectivity index (χ2n) is 4.35. The molecule has 1 aliphatic carbocycles. The summed E-state index contributed by atoms with van der Waals surface area (Å²) >= 11 is 0. The normalized spacial score (nSPS) is 13.9. The van der Waals surface area contributed by atoms with Crippen LogP contribution in [0.4, 0.5) is 11.8 Å². The van der Waals surface area contributed by atoms with Crippen molar-refractivity contribution in [3.8, 4) is 0 Å². The van der Waals surface area contributed by atoms with Gasteiger partial charge in [0.2, 0.25) is 5.95 Å². The van der Waals surface area contributed by atoms with E-state index in [1.54, 1.807) is 36.7 Å². The highest BCUT2D eigenvalue weighted by molar-refractivity contribution is 5.93. The van der Waals surface area contributed by atoms with Crippen molar-refractivity contribution >= 4 is 17.7 Å². The van der Waals surface area contributed by atoms with E-state index in [-0.39, 0.29) is 5.91 Å². The molecule has 2 N–H and O–H groups in total. The molecule has 1 fully saturated rings. The maximum absolute atomic E-state index is 11.9. The molecule has 1 aliphatic rings. The van der Waals surface area contributed by atoms with Gasteiger partial charge in [-0.05, 0) is 31.0 Å². The number of amides is 1. The maximum atomic E-state index is 11.9. The second kappa shape index (κ2) is 5.01. The Balaban J connectivity index is 1.73. The first-order chi connectivity index (χ1) is 9.31. The van der Waals surface area contributed by atoms with Crippen molar-refractivity contribution in [2.45, 2.75) is 18.9 Å². The minimum absolute atomic E-state index is 0.139. The summed E-state index contributed by atoms with van der Waals surface area (Å²) in [6.07, 6.45) is 5.39. The van der Waals surface area contributed by atoms with Crippen LogP contribution in [0.25, 0.3) is 0 Å². The topological polar surface area (TPSA) is 79.8 Å². The van der Waals surface area contributed by atoms with Crippen LogP contribution in [0.3, 0.4) is 0 Å². The lowest BCUT2D eigenvalue weighted by molar-refractivity contribution is 0.0946. The van der Waals surface area contributed by atoms with E-state index in [4.69, 9.17) is 0 Å². The van der Waals surface area contributed by atoms with E-state index < -0.39 is 0 Å². The fourth-order valence-corrected chi connectivity index (χ4v) is 1.60. The molecule has 1 saturated carbocycles. The smallest absolute Gasteiger partial charge is 0.270 e. The van der Waals surface area contributed by atoms with Crippen LogP contribution < -0.4 is 10.6 Å². The molecular formula is C13H13N5O. The molecule has 6 nitrogen and oxygen atoms in total. The van der Waals surface area contributed by atoms with Gasteiger partial charge in [0.15, 0.2) is 0 Å². The Morgan fingerprint density at radius 1 is 1.16 bits per heavy atom. The SMILES string of the molecule is O=C(NC1CC1)c1cccc(Nc2ncccn2)n1. The second-order valence-corrected chi connectivity index (χ2v) is 4.35. The zero-order valence-electron chi connectivity index (χ0n) is 10.2. The Labute approximate surface area is 110 Å². The molecule has 0 spiro atoms. The number of rotatable bonds is 4. The van der Waals surface area contributed by atoms with Gasteiger partial charge in [-0.1, -0.05) is 6.07 Å². The fraction of sp³-hybridized carbons (Fsp3) is 0.231. The van der Waals surface area contributed by atoms with Crippen LogP contribution in [-0.2, 0) is 0 Å². The van der Waals surface area contributed by atoms with Crippen LogP contribution in [0.5, 0.6) is 0 Å². The van der Waals surface area contributed by atoms with Gasteiger partial charge in [-0.2, -0.15) is 0 Å². The van der Waals surface area contributed by atoms with E-state index in [0.29, 0.717) is 23.5 Å². The van der Waals surface area contributed by atoms with E-state index in [1.807, 2.05) is 0 Å². The lowest BCUT2D eigenvalue weighted by atomic mass is 10.3. The van der Waals surface area contributed by atoms with Crippen molar-refractivity contribution in [1.29, 1.82) is 0 Å². The zero-order valence-corrected chi connectivity index (χ0v) is 10.2. The van der Waals surface area contributed by atoms with Gasteiger partial charge in [-0.3, -0.25) is 4.79 Å². The molecule has 0 aromatic carbocycles. The van der Waals surface area contributed by atoms with Crippen LogP contribution >= 0.6 is 0 Å². The van der Waals surface area contributed by atoms with E-state index >= 15 is 0 Å². The molecule has 0 saturated heterocycles. The molecule has 2 aromatic heterocycles. The van der Waals surface area contributed by atoms with Gasteiger partial charge in [-0.25, -0.2) is 15.0 Å². The van der Waals surface area contributed by atoms with Gasteiger partial charge in [0, 0.05) is 18.4 Å². The van der Waals surface area contributed by atoms with Crippen molar-refractivity contribution in [3.63, 3.8) is 0 Å². The maximum Gasteiger partial charge on any atom is 0.270 e. The molecule has 0 aliphatic heterocycles. The number of nitrogens with one attached hydrogen (secondary N) is 2. The average Bonchev–Trinajstić information content (AvgIpc) is 3.24. The quantitative estimate of drug-likeness (QED) is 0.865. The minimum Gasteiger partial charge on any atom is -0.348 e. The number of hydrogen-bond donors (Lipinski definition) is 2. The summed E-state index contributed by atoms with van der Waals surface area (Å²) in [5.41, 5.74) is 0.396. The lowest BCUT2D eigenvalue weighted by Crippen LogP contribution is -2.26. The Morgan fingerprint density at radius 2 is 1.95 bits per heavy atom. The Bertz CT molecular complexity index is 583. The number of carbonyl (C=O) groups excluding carboxylic acids is 1. The van der Waals surface area contributed by atoms with Crippen molar-refractivity contribution < 1.29 is 4.79 Å². The Hall–Kier alpha value is -2.50. The number of anilines is 2. The Morgan fingerprint density at radius 3 is 2.68 bits per heavy atom. The molecule has 1 amide bonds. The largest absolute Gasteiger partial charge is 0.348 e. The summed E-state index contributed by atoms with van der Waals surface area (Å²) in [4.78, 5) is 24.2. The van der Waals surface area contributed by atoms with E-state index in [0.717, 1.165) is 12.8 Å². The number of carbonyl (C=O) groups is 1. The molecule has 96 valence electrons. The van der Waals surface area contributed by atoms with Crippen molar-refractivity contribution in [2.24, 2.45) is 0 Å². The average molecular weight is 255 g/mol. The number of aromatic nitrogens is 3. The highest BCUT2D eigenvalue weighted by atomic mass is 16.2. The van der Waals surface area contributed by atoms with Crippen LogP contribution in [0, 0.1) is 0 Å². The zero-order chi connectivity index (χ0) is 13.1. The monoisotopic (exact) mass is 255 g/mol. The minimum atomic E-state index is -0.139. The molecular weight excluding hydrogens is 242 g/mol. The molecule has 19 heavy (non-hydrogen) atoms.